The highest BCUT2D eigenvalue weighted by Crippen LogP contribution is 2.31. The van der Waals surface area contributed by atoms with Crippen LogP contribution >= 0.6 is 0 Å². The summed E-state index contributed by atoms with van der Waals surface area (Å²) in [6.07, 6.45) is -0.0286. The number of carbonyl (C=O) groups excluding carboxylic acids is 1. The van der Waals surface area contributed by atoms with Crippen LogP contribution in [0.3, 0.4) is 0 Å². The maximum absolute atomic E-state index is 10.6. The Kier molecular flexibility index (Phi) is 1.59. The van der Waals surface area contributed by atoms with Crippen LogP contribution in [0.1, 0.15) is 22.0 Å². The van der Waals surface area contributed by atoms with Gasteiger partial charge in [0.1, 0.15) is 6.10 Å². The molecule has 0 N–H and O–H groups in total. The van der Waals surface area contributed by atoms with Crippen LogP contribution in [-0.4, -0.2) is 12.6 Å². The average Bonchev–Trinajstić information content (AvgIpc) is 2.87. The van der Waals surface area contributed by atoms with Crippen molar-refractivity contribution in [3.63, 3.8) is 0 Å². The van der Waals surface area contributed by atoms with Crippen molar-refractivity contribution in [2.75, 3.05) is 6.61 Å². The molecule has 12 heavy (non-hydrogen) atoms. The number of hydrogen-bond donors (Lipinski definition) is 0. The molecular weight excluding hydrogens is 156 g/mol. The Labute approximate surface area is 69.6 Å². The van der Waals surface area contributed by atoms with E-state index in [-0.39, 0.29) is 11.7 Å². The second kappa shape index (κ2) is 2.60. The maximum atomic E-state index is 10.6. The van der Waals surface area contributed by atoms with Gasteiger partial charge in [-0.3, -0.25) is 0 Å². The lowest BCUT2D eigenvalue weighted by Gasteiger charge is -2.06. The largest absolute Gasteiger partial charge is 0.545 e. The third kappa shape index (κ3) is 1.19. The van der Waals surface area contributed by atoms with E-state index in [4.69, 9.17) is 4.74 Å². The zero-order valence-electron chi connectivity index (χ0n) is 6.32. The highest BCUT2D eigenvalue weighted by Gasteiger charge is 2.26. The number of ether oxygens (including phenoxy) is 1. The summed E-state index contributed by atoms with van der Waals surface area (Å²) < 4.78 is 4.99. The Morgan fingerprint density at radius 1 is 1.50 bits per heavy atom. The first-order chi connectivity index (χ1) is 5.79. The van der Waals surface area contributed by atoms with Gasteiger partial charge in [0.05, 0.1) is 12.6 Å². The Hall–Kier alpha value is -1.35. The number of carbonyl (C=O) groups is 1. The van der Waals surface area contributed by atoms with Gasteiger partial charge >= 0.3 is 0 Å². The van der Waals surface area contributed by atoms with Crippen molar-refractivity contribution in [3.8, 4) is 0 Å². The Bertz CT molecular complexity index is 315. The molecule has 2 rings (SSSR count). The normalized spacial score (nSPS) is 20.5. The van der Waals surface area contributed by atoms with Crippen molar-refractivity contribution in [1.29, 1.82) is 0 Å². The molecule has 1 heterocycles. The van der Waals surface area contributed by atoms with Crippen LogP contribution in [0.2, 0.25) is 0 Å². The summed E-state index contributed by atoms with van der Waals surface area (Å²) in [7, 11) is 0. The van der Waals surface area contributed by atoms with Crippen LogP contribution in [-0.2, 0) is 4.74 Å². The number of rotatable bonds is 2. The van der Waals surface area contributed by atoms with Gasteiger partial charge in [-0.1, -0.05) is 24.3 Å². The third-order valence-electron chi connectivity index (χ3n) is 1.86. The predicted molar refractivity (Wildman–Crippen MR) is 39.5 cm³/mol. The molecule has 0 aromatic heterocycles. The third-order valence-corrected chi connectivity index (χ3v) is 1.86. The van der Waals surface area contributed by atoms with E-state index in [0.717, 1.165) is 5.56 Å². The SMILES string of the molecule is O=C([O-])c1ccccc1C1CO1. The van der Waals surface area contributed by atoms with Crippen molar-refractivity contribution in [3.05, 3.63) is 35.4 Å². The van der Waals surface area contributed by atoms with Crippen LogP contribution < -0.4 is 5.11 Å². The van der Waals surface area contributed by atoms with E-state index >= 15 is 0 Å². The van der Waals surface area contributed by atoms with E-state index in [1.54, 1.807) is 18.2 Å². The van der Waals surface area contributed by atoms with E-state index in [2.05, 4.69) is 0 Å². The number of epoxide rings is 1. The Morgan fingerprint density at radius 3 is 2.75 bits per heavy atom. The summed E-state index contributed by atoms with van der Waals surface area (Å²) >= 11 is 0. The molecule has 3 heteroatoms. The van der Waals surface area contributed by atoms with Crippen LogP contribution in [0.4, 0.5) is 0 Å². The Morgan fingerprint density at radius 2 is 2.17 bits per heavy atom. The van der Waals surface area contributed by atoms with Crippen molar-refractivity contribution in [2.24, 2.45) is 0 Å². The van der Waals surface area contributed by atoms with E-state index in [9.17, 15) is 9.90 Å². The minimum atomic E-state index is -1.14. The molecule has 1 atom stereocenters. The summed E-state index contributed by atoms with van der Waals surface area (Å²) in [4.78, 5) is 10.6. The van der Waals surface area contributed by atoms with Gasteiger partial charge in [0.25, 0.3) is 0 Å². The maximum Gasteiger partial charge on any atom is 0.107 e. The molecule has 1 unspecified atom stereocenters. The number of aromatic carboxylic acids is 1. The topological polar surface area (TPSA) is 52.7 Å². The minimum absolute atomic E-state index is 0.0286. The predicted octanol–water partition coefficient (Wildman–Crippen LogP) is 0.121. The number of carboxylic acids is 1. The second-order valence-corrected chi connectivity index (χ2v) is 2.70. The average molecular weight is 163 g/mol. The van der Waals surface area contributed by atoms with Crippen LogP contribution in [0.15, 0.2) is 24.3 Å². The van der Waals surface area contributed by atoms with E-state index in [1.807, 2.05) is 0 Å². The van der Waals surface area contributed by atoms with Gasteiger partial charge in [0.2, 0.25) is 0 Å². The monoisotopic (exact) mass is 163 g/mol. The standard InChI is InChI=1S/C9H8O3/c10-9(11)7-4-2-1-3-6(7)8-5-12-8/h1-4,8H,5H2,(H,10,11)/p-1. The summed E-state index contributed by atoms with van der Waals surface area (Å²) in [6.45, 7) is 0.615. The molecule has 0 radical (unpaired) electrons. The molecule has 1 aliphatic rings. The molecular formula is C9H7O3-. The highest BCUT2D eigenvalue weighted by atomic mass is 16.6. The summed E-state index contributed by atoms with van der Waals surface area (Å²) in [5.41, 5.74) is 0.956. The van der Waals surface area contributed by atoms with Gasteiger partial charge in [0.15, 0.2) is 0 Å². The van der Waals surface area contributed by atoms with Crippen molar-refractivity contribution in [2.45, 2.75) is 6.10 Å². The van der Waals surface area contributed by atoms with E-state index < -0.39 is 5.97 Å². The van der Waals surface area contributed by atoms with Gasteiger partial charge in [-0.2, -0.15) is 0 Å². The summed E-state index contributed by atoms with van der Waals surface area (Å²) in [6, 6.07) is 6.76. The van der Waals surface area contributed by atoms with Gasteiger partial charge < -0.3 is 14.6 Å². The molecule has 1 aliphatic heterocycles. The Balaban J connectivity index is 2.43. The summed E-state index contributed by atoms with van der Waals surface area (Å²) in [5.74, 6) is -1.14. The number of carboxylic acid groups (broad SMARTS) is 1. The van der Waals surface area contributed by atoms with Gasteiger partial charge in [-0.05, 0) is 5.56 Å². The van der Waals surface area contributed by atoms with Crippen molar-refractivity contribution in [1.82, 2.24) is 0 Å². The molecule has 0 aliphatic carbocycles. The molecule has 1 fully saturated rings. The van der Waals surface area contributed by atoms with Gasteiger partial charge in [-0.15, -0.1) is 0 Å². The molecule has 3 nitrogen and oxygen atoms in total. The van der Waals surface area contributed by atoms with Crippen molar-refractivity contribution < 1.29 is 14.6 Å². The molecule has 0 bridgehead atoms. The first kappa shape index (κ1) is 7.31. The zero-order chi connectivity index (χ0) is 8.55. The number of benzene rings is 1. The second-order valence-electron chi connectivity index (χ2n) is 2.70. The quantitative estimate of drug-likeness (QED) is 0.582. The minimum Gasteiger partial charge on any atom is -0.545 e. The fourth-order valence-corrected chi connectivity index (χ4v) is 1.19. The molecule has 1 aromatic rings. The number of hydrogen-bond acceptors (Lipinski definition) is 3. The lowest BCUT2D eigenvalue weighted by molar-refractivity contribution is -0.255. The van der Waals surface area contributed by atoms with Gasteiger partial charge in [-0.25, -0.2) is 0 Å². The smallest absolute Gasteiger partial charge is 0.107 e. The molecule has 62 valence electrons. The van der Waals surface area contributed by atoms with Gasteiger partial charge in [0, 0.05) is 5.56 Å². The first-order valence-corrected chi connectivity index (χ1v) is 3.71. The fourth-order valence-electron chi connectivity index (χ4n) is 1.19. The molecule has 0 saturated carbocycles. The molecule has 0 spiro atoms. The van der Waals surface area contributed by atoms with Crippen LogP contribution in [0.25, 0.3) is 0 Å². The lowest BCUT2D eigenvalue weighted by atomic mass is 10.1. The highest BCUT2D eigenvalue weighted by molar-refractivity contribution is 5.87. The first-order valence-electron chi connectivity index (χ1n) is 3.71. The fraction of sp³-hybridized carbons (Fsp3) is 0.222. The van der Waals surface area contributed by atoms with Crippen molar-refractivity contribution >= 4 is 5.97 Å². The lowest BCUT2D eigenvalue weighted by Crippen LogP contribution is -2.23. The molecule has 1 aromatic carbocycles. The molecule has 0 amide bonds. The summed E-state index contributed by atoms with van der Waals surface area (Å²) in [5, 5.41) is 10.6. The molecule has 1 saturated heterocycles. The van der Waals surface area contributed by atoms with Crippen LogP contribution in [0.5, 0.6) is 0 Å². The van der Waals surface area contributed by atoms with Crippen LogP contribution in [0, 0.1) is 0 Å². The van der Waals surface area contributed by atoms with E-state index in [0.29, 0.717) is 6.61 Å². The van der Waals surface area contributed by atoms with E-state index in [1.165, 1.54) is 6.07 Å². The zero-order valence-corrected chi connectivity index (χ0v) is 6.32.